The second-order valence-electron chi connectivity index (χ2n) is 6.90. The molecular weight excluding hydrogens is 352 g/mol. The molecule has 0 spiro atoms. The van der Waals surface area contributed by atoms with Crippen LogP contribution in [0.15, 0.2) is 18.2 Å². The first-order valence-electron chi connectivity index (χ1n) is 9.27. The molecule has 27 heavy (non-hydrogen) atoms. The molecule has 0 fully saturated rings. The van der Waals surface area contributed by atoms with Gasteiger partial charge in [0.25, 0.3) is 11.6 Å². The second-order valence-corrected chi connectivity index (χ2v) is 6.90. The maximum absolute atomic E-state index is 12.8. The van der Waals surface area contributed by atoms with Gasteiger partial charge in [0.1, 0.15) is 6.54 Å². The first-order chi connectivity index (χ1) is 12.8. The highest BCUT2D eigenvalue weighted by molar-refractivity contribution is 6.03. The molecule has 0 bridgehead atoms. The summed E-state index contributed by atoms with van der Waals surface area (Å²) in [5.41, 5.74) is 0.203. The van der Waals surface area contributed by atoms with Crippen LogP contribution in [0.5, 0.6) is 5.75 Å². The zero-order valence-corrected chi connectivity index (χ0v) is 16.0. The van der Waals surface area contributed by atoms with Crippen molar-refractivity contribution in [2.45, 2.75) is 52.6 Å². The molecule has 2 rings (SSSR count). The summed E-state index contributed by atoms with van der Waals surface area (Å²) < 4.78 is 10.9. The fourth-order valence-electron chi connectivity index (χ4n) is 2.87. The highest BCUT2D eigenvalue weighted by Crippen LogP contribution is 2.38. The van der Waals surface area contributed by atoms with Crippen LogP contribution in [0.2, 0.25) is 0 Å². The summed E-state index contributed by atoms with van der Waals surface area (Å²) in [6.45, 7) is 5.80. The van der Waals surface area contributed by atoms with Crippen LogP contribution in [-0.4, -0.2) is 36.1 Å². The number of nitrogens with zero attached hydrogens (tertiary/aromatic N) is 2. The standard InChI is InChI=1S/C19H26N2O6/c1-4-5-6-7-10-26-17(22)12-20-15-9-8-14(21(24)25)11-16(15)27-18(13(2)3)19(20)23/h8-9,11,13,18H,4-7,10,12H2,1-3H3. The van der Waals surface area contributed by atoms with Gasteiger partial charge >= 0.3 is 5.97 Å². The minimum absolute atomic E-state index is 0.135. The van der Waals surface area contributed by atoms with E-state index >= 15 is 0 Å². The Morgan fingerprint density at radius 3 is 2.70 bits per heavy atom. The van der Waals surface area contributed by atoms with E-state index in [0.29, 0.717) is 12.3 Å². The summed E-state index contributed by atoms with van der Waals surface area (Å²) in [7, 11) is 0. The number of rotatable bonds is 9. The quantitative estimate of drug-likeness (QED) is 0.282. The third-order valence-corrected chi connectivity index (χ3v) is 4.36. The Labute approximate surface area is 158 Å². The van der Waals surface area contributed by atoms with Crippen LogP contribution >= 0.6 is 0 Å². The Balaban J connectivity index is 2.15. The molecule has 1 heterocycles. The molecular formula is C19H26N2O6. The van der Waals surface area contributed by atoms with E-state index < -0.39 is 17.0 Å². The van der Waals surface area contributed by atoms with E-state index in [1.54, 1.807) is 0 Å². The monoisotopic (exact) mass is 378 g/mol. The number of hydrogen-bond acceptors (Lipinski definition) is 6. The molecule has 0 saturated heterocycles. The average molecular weight is 378 g/mol. The summed E-state index contributed by atoms with van der Waals surface area (Å²) in [6.07, 6.45) is 3.14. The van der Waals surface area contributed by atoms with Crippen LogP contribution in [0.4, 0.5) is 11.4 Å². The van der Waals surface area contributed by atoms with Crippen LogP contribution < -0.4 is 9.64 Å². The van der Waals surface area contributed by atoms with Gasteiger partial charge in [0, 0.05) is 6.07 Å². The number of nitro groups is 1. The van der Waals surface area contributed by atoms with E-state index in [1.807, 2.05) is 13.8 Å². The molecule has 1 atom stereocenters. The number of carbonyl (C=O) groups is 2. The van der Waals surface area contributed by atoms with E-state index in [2.05, 4.69) is 6.92 Å². The SMILES string of the molecule is CCCCCCOC(=O)CN1C(=O)C(C(C)C)Oc2cc([N+](=O)[O-])ccc21. The van der Waals surface area contributed by atoms with Crippen LogP contribution in [0.3, 0.4) is 0 Å². The molecule has 1 amide bonds. The highest BCUT2D eigenvalue weighted by atomic mass is 16.6. The Morgan fingerprint density at radius 1 is 1.33 bits per heavy atom. The Hall–Kier alpha value is -2.64. The molecule has 8 nitrogen and oxygen atoms in total. The summed E-state index contributed by atoms with van der Waals surface area (Å²) in [5.74, 6) is -0.793. The molecule has 0 aliphatic carbocycles. The van der Waals surface area contributed by atoms with Crippen molar-refractivity contribution >= 4 is 23.3 Å². The number of unbranched alkanes of at least 4 members (excludes halogenated alkanes) is 3. The van der Waals surface area contributed by atoms with Crippen molar-refractivity contribution in [3.8, 4) is 5.75 Å². The minimum atomic E-state index is -0.808. The molecule has 8 heteroatoms. The number of esters is 1. The molecule has 0 radical (unpaired) electrons. The molecule has 1 aromatic carbocycles. The maximum Gasteiger partial charge on any atom is 0.326 e. The van der Waals surface area contributed by atoms with Crippen molar-refractivity contribution in [1.29, 1.82) is 0 Å². The Morgan fingerprint density at radius 2 is 2.07 bits per heavy atom. The number of nitro benzene ring substituents is 1. The summed E-state index contributed by atoms with van der Waals surface area (Å²) in [5, 5.41) is 11.0. The molecule has 1 unspecified atom stereocenters. The van der Waals surface area contributed by atoms with Crippen molar-refractivity contribution in [3.63, 3.8) is 0 Å². The van der Waals surface area contributed by atoms with Gasteiger partial charge in [-0.1, -0.05) is 40.0 Å². The van der Waals surface area contributed by atoms with Crippen molar-refractivity contribution in [2.75, 3.05) is 18.1 Å². The first kappa shape index (κ1) is 20.7. The van der Waals surface area contributed by atoms with Gasteiger partial charge in [0.15, 0.2) is 11.9 Å². The average Bonchev–Trinajstić information content (AvgIpc) is 2.62. The molecule has 0 aromatic heterocycles. The zero-order chi connectivity index (χ0) is 20.0. The number of carbonyl (C=O) groups excluding carboxylic acids is 2. The van der Waals surface area contributed by atoms with Gasteiger partial charge in [-0.2, -0.15) is 0 Å². The zero-order valence-electron chi connectivity index (χ0n) is 16.0. The predicted octanol–water partition coefficient (Wildman–Crippen LogP) is 3.47. The van der Waals surface area contributed by atoms with E-state index in [-0.39, 0.29) is 29.8 Å². The lowest BCUT2D eigenvalue weighted by atomic mass is 10.0. The predicted molar refractivity (Wildman–Crippen MR) is 99.8 cm³/mol. The number of anilines is 1. The van der Waals surface area contributed by atoms with Gasteiger partial charge in [0.05, 0.1) is 23.3 Å². The lowest BCUT2D eigenvalue weighted by molar-refractivity contribution is -0.384. The molecule has 1 aromatic rings. The van der Waals surface area contributed by atoms with Crippen molar-refractivity contribution in [3.05, 3.63) is 28.3 Å². The fraction of sp³-hybridized carbons (Fsp3) is 0.579. The number of non-ortho nitro benzene ring substituents is 1. The number of benzene rings is 1. The molecule has 148 valence electrons. The molecule has 0 saturated carbocycles. The Bertz CT molecular complexity index is 703. The van der Waals surface area contributed by atoms with Crippen molar-refractivity contribution in [2.24, 2.45) is 5.92 Å². The van der Waals surface area contributed by atoms with Gasteiger partial charge < -0.3 is 9.47 Å². The molecule has 1 aliphatic rings. The van der Waals surface area contributed by atoms with Crippen molar-refractivity contribution in [1.82, 2.24) is 0 Å². The van der Waals surface area contributed by atoms with Gasteiger partial charge in [0.2, 0.25) is 0 Å². The molecule has 1 aliphatic heterocycles. The lowest BCUT2D eigenvalue weighted by Gasteiger charge is -2.35. The lowest BCUT2D eigenvalue weighted by Crippen LogP contribution is -2.50. The summed E-state index contributed by atoms with van der Waals surface area (Å²) >= 11 is 0. The fourth-order valence-corrected chi connectivity index (χ4v) is 2.87. The van der Waals surface area contributed by atoms with Gasteiger partial charge in [-0.05, 0) is 18.4 Å². The van der Waals surface area contributed by atoms with Crippen LogP contribution in [-0.2, 0) is 14.3 Å². The van der Waals surface area contributed by atoms with Crippen LogP contribution in [0, 0.1) is 16.0 Å². The number of hydrogen-bond donors (Lipinski definition) is 0. The summed E-state index contributed by atoms with van der Waals surface area (Å²) in [4.78, 5) is 36.7. The third-order valence-electron chi connectivity index (χ3n) is 4.36. The van der Waals surface area contributed by atoms with Gasteiger partial charge in [-0.15, -0.1) is 0 Å². The van der Waals surface area contributed by atoms with Gasteiger partial charge in [-0.25, -0.2) is 0 Å². The topological polar surface area (TPSA) is 99.0 Å². The normalized spacial score (nSPS) is 16.1. The number of ether oxygens (including phenoxy) is 2. The minimum Gasteiger partial charge on any atom is -0.478 e. The van der Waals surface area contributed by atoms with E-state index in [9.17, 15) is 19.7 Å². The molecule has 0 N–H and O–H groups in total. The second kappa shape index (κ2) is 9.34. The maximum atomic E-state index is 12.8. The van der Waals surface area contributed by atoms with E-state index in [0.717, 1.165) is 25.7 Å². The smallest absolute Gasteiger partial charge is 0.326 e. The largest absolute Gasteiger partial charge is 0.478 e. The van der Waals surface area contributed by atoms with Crippen molar-refractivity contribution < 1.29 is 24.0 Å². The van der Waals surface area contributed by atoms with E-state index in [1.165, 1.54) is 23.1 Å². The third kappa shape index (κ3) is 5.18. The van der Waals surface area contributed by atoms with Gasteiger partial charge in [-0.3, -0.25) is 24.6 Å². The Kier molecular flexibility index (Phi) is 7.15. The van der Waals surface area contributed by atoms with Crippen LogP contribution in [0.1, 0.15) is 46.5 Å². The highest BCUT2D eigenvalue weighted by Gasteiger charge is 2.38. The van der Waals surface area contributed by atoms with Crippen LogP contribution in [0.25, 0.3) is 0 Å². The number of amides is 1. The van der Waals surface area contributed by atoms with E-state index in [4.69, 9.17) is 9.47 Å². The first-order valence-corrected chi connectivity index (χ1v) is 9.27. The number of fused-ring (bicyclic) bond motifs is 1. The summed E-state index contributed by atoms with van der Waals surface area (Å²) in [6, 6.07) is 3.99.